The summed E-state index contributed by atoms with van der Waals surface area (Å²) in [6.07, 6.45) is 3.94. The third kappa shape index (κ3) is 3.98. The highest BCUT2D eigenvalue weighted by atomic mass is 16.5. The van der Waals surface area contributed by atoms with Gasteiger partial charge >= 0.3 is 0 Å². The minimum atomic E-state index is -0.409. The number of aromatic nitrogens is 2. The van der Waals surface area contributed by atoms with Crippen molar-refractivity contribution in [2.75, 3.05) is 26.3 Å². The zero-order valence-electron chi connectivity index (χ0n) is 15.0. The van der Waals surface area contributed by atoms with Crippen molar-refractivity contribution in [1.82, 2.24) is 14.7 Å². The lowest BCUT2D eigenvalue weighted by molar-refractivity contribution is -0.146. The highest BCUT2D eigenvalue weighted by Gasteiger charge is 2.29. The molecule has 3 atom stereocenters. The van der Waals surface area contributed by atoms with Crippen LogP contribution < -0.4 is 0 Å². The number of likely N-dealkylation sites (tertiary alicyclic amines) is 1. The van der Waals surface area contributed by atoms with E-state index in [1.807, 2.05) is 18.7 Å². The van der Waals surface area contributed by atoms with Crippen LogP contribution in [0.25, 0.3) is 0 Å². The maximum absolute atomic E-state index is 12.7. The van der Waals surface area contributed by atoms with Gasteiger partial charge in [0.15, 0.2) is 0 Å². The van der Waals surface area contributed by atoms with Crippen LogP contribution in [0.1, 0.15) is 50.0 Å². The first-order chi connectivity index (χ1) is 11.5. The van der Waals surface area contributed by atoms with Crippen LogP contribution in [-0.2, 0) is 14.3 Å². The van der Waals surface area contributed by atoms with Crippen molar-refractivity contribution in [2.45, 2.75) is 64.7 Å². The average molecular weight is 335 g/mol. The summed E-state index contributed by atoms with van der Waals surface area (Å²) in [6, 6.07) is 2.36. The Morgan fingerprint density at radius 2 is 2.25 bits per heavy atom. The molecule has 6 nitrogen and oxygen atoms in total. The van der Waals surface area contributed by atoms with Gasteiger partial charge in [-0.3, -0.25) is 9.48 Å². The molecule has 0 bridgehead atoms. The number of carbonyl (C=O) groups is 1. The largest absolute Gasteiger partial charge is 0.376 e. The number of carbonyl (C=O) groups excluding carboxylic acids is 1. The Labute approximate surface area is 144 Å². The molecule has 0 N–H and O–H groups in total. The molecule has 2 saturated heterocycles. The SMILES string of the molecule is Cc1cc(C)n([C@@H]2CCCN(C(=O)[C@H](C)OC[C@@H]3CCCO3)C2)n1. The minimum Gasteiger partial charge on any atom is -0.376 e. The monoisotopic (exact) mass is 335 g/mol. The van der Waals surface area contributed by atoms with E-state index < -0.39 is 6.10 Å². The highest BCUT2D eigenvalue weighted by molar-refractivity contribution is 5.80. The number of rotatable bonds is 5. The second-order valence-electron chi connectivity index (χ2n) is 7.06. The van der Waals surface area contributed by atoms with E-state index in [1.165, 1.54) is 0 Å². The Morgan fingerprint density at radius 3 is 2.92 bits per heavy atom. The lowest BCUT2D eigenvalue weighted by atomic mass is 10.0. The standard InChI is InChI=1S/C18H29N3O3/c1-13-10-14(2)21(19-13)16-6-4-8-20(11-16)18(22)15(3)24-12-17-7-5-9-23-17/h10,15-17H,4-9,11-12H2,1-3H3/t15-,16+,17-/m0/s1. The molecular formula is C18H29N3O3. The van der Waals surface area contributed by atoms with Gasteiger partial charge in [0.05, 0.1) is 24.4 Å². The molecule has 2 fully saturated rings. The fourth-order valence-electron chi connectivity index (χ4n) is 3.73. The third-order valence-electron chi connectivity index (χ3n) is 5.00. The zero-order chi connectivity index (χ0) is 17.1. The Bertz CT molecular complexity index is 566. The van der Waals surface area contributed by atoms with E-state index in [0.717, 1.165) is 50.2 Å². The molecule has 1 amide bonds. The molecule has 0 saturated carbocycles. The topological polar surface area (TPSA) is 56.6 Å². The van der Waals surface area contributed by atoms with Gasteiger partial charge in [0.2, 0.25) is 0 Å². The number of amides is 1. The molecule has 0 spiro atoms. The van der Waals surface area contributed by atoms with Gasteiger partial charge in [0.1, 0.15) is 6.10 Å². The molecule has 3 rings (SSSR count). The van der Waals surface area contributed by atoms with Crippen LogP contribution >= 0.6 is 0 Å². The van der Waals surface area contributed by atoms with Crippen LogP contribution in [0.2, 0.25) is 0 Å². The van der Waals surface area contributed by atoms with Gasteiger partial charge in [-0.2, -0.15) is 5.10 Å². The Morgan fingerprint density at radius 1 is 1.42 bits per heavy atom. The van der Waals surface area contributed by atoms with Crippen molar-refractivity contribution in [1.29, 1.82) is 0 Å². The van der Waals surface area contributed by atoms with Crippen molar-refractivity contribution >= 4 is 5.91 Å². The van der Waals surface area contributed by atoms with Crippen LogP contribution in [0.5, 0.6) is 0 Å². The maximum Gasteiger partial charge on any atom is 0.251 e. The summed E-state index contributed by atoms with van der Waals surface area (Å²) < 4.78 is 13.4. The first kappa shape index (κ1) is 17.4. The van der Waals surface area contributed by atoms with Crippen LogP contribution in [0.3, 0.4) is 0 Å². The lowest BCUT2D eigenvalue weighted by Gasteiger charge is -2.35. The van der Waals surface area contributed by atoms with Crippen molar-refractivity contribution in [3.63, 3.8) is 0 Å². The molecule has 24 heavy (non-hydrogen) atoms. The summed E-state index contributed by atoms with van der Waals surface area (Å²) in [7, 11) is 0. The van der Waals surface area contributed by atoms with Crippen LogP contribution in [0, 0.1) is 13.8 Å². The molecule has 0 radical (unpaired) electrons. The number of piperidine rings is 1. The predicted molar refractivity (Wildman–Crippen MR) is 90.9 cm³/mol. The molecular weight excluding hydrogens is 306 g/mol. The first-order valence-corrected chi connectivity index (χ1v) is 9.09. The van der Waals surface area contributed by atoms with E-state index in [4.69, 9.17) is 9.47 Å². The van der Waals surface area contributed by atoms with Gasteiger partial charge in [0.25, 0.3) is 5.91 Å². The Balaban J connectivity index is 1.55. The number of nitrogens with zero attached hydrogens (tertiary/aromatic N) is 3. The van der Waals surface area contributed by atoms with Gasteiger partial charge in [-0.05, 0) is 52.5 Å². The predicted octanol–water partition coefficient (Wildman–Crippen LogP) is 2.25. The quantitative estimate of drug-likeness (QED) is 0.828. The molecule has 6 heteroatoms. The first-order valence-electron chi connectivity index (χ1n) is 9.09. The van der Waals surface area contributed by atoms with Crippen molar-refractivity contribution in [2.24, 2.45) is 0 Å². The summed E-state index contributed by atoms with van der Waals surface area (Å²) in [6.45, 7) is 8.79. The molecule has 1 aromatic rings. The van der Waals surface area contributed by atoms with Gasteiger partial charge in [0, 0.05) is 25.4 Å². The van der Waals surface area contributed by atoms with Gasteiger partial charge in [-0.15, -0.1) is 0 Å². The molecule has 0 unspecified atom stereocenters. The molecule has 134 valence electrons. The van der Waals surface area contributed by atoms with E-state index in [2.05, 4.69) is 22.8 Å². The molecule has 2 aliphatic rings. The van der Waals surface area contributed by atoms with E-state index in [9.17, 15) is 4.79 Å². The average Bonchev–Trinajstić information content (AvgIpc) is 3.21. The molecule has 2 aliphatic heterocycles. The Kier molecular flexibility index (Phi) is 5.56. The number of hydrogen-bond donors (Lipinski definition) is 0. The van der Waals surface area contributed by atoms with E-state index >= 15 is 0 Å². The summed E-state index contributed by atoms with van der Waals surface area (Å²) in [5.41, 5.74) is 2.19. The highest BCUT2D eigenvalue weighted by Crippen LogP contribution is 2.24. The molecule has 3 heterocycles. The second-order valence-corrected chi connectivity index (χ2v) is 7.06. The number of aryl methyl sites for hydroxylation is 2. The summed E-state index contributed by atoms with van der Waals surface area (Å²) >= 11 is 0. The fraction of sp³-hybridized carbons (Fsp3) is 0.778. The van der Waals surface area contributed by atoms with Gasteiger partial charge in [-0.25, -0.2) is 0 Å². The Hall–Kier alpha value is -1.40. The molecule has 0 aromatic carbocycles. The third-order valence-corrected chi connectivity index (χ3v) is 5.00. The van der Waals surface area contributed by atoms with Gasteiger partial charge in [-0.1, -0.05) is 0 Å². The second kappa shape index (κ2) is 7.66. The summed E-state index contributed by atoms with van der Waals surface area (Å²) in [4.78, 5) is 14.6. The normalized spacial score (nSPS) is 25.9. The van der Waals surface area contributed by atoms with Crippen molar-refractivity contribution in [3.05, 3.63) is 17.5 Å². The van der Waals surface area contributed by atoms with E-state index in [0.29, 0.717) is 13.2 Å². The zero-order valence-corrected chi connectivity index (χ0v) is 15.0. The van der Waals surface area contributed by atoms with E-state index in [1.54, 1.807) is 0 Å². The van der Waals surface area contributed by atoms with Crippen molar-refractivity contribution < 1.29 is 14.3 Å². The van der Waals surface area contributed by atoms with E-state index in [-0.39, 0.29) is 18.1 Å². The maximum atomic E-state index is 12.7. The van der Waals surface area contributed by atoms with Crippen LogP contribution in [-0.4, -0.2) is 59.1 Å². The summed E-state index contributed by atoms with van der Waals surface area (Å²) in [5.74, 6) is 0.0826. The smallest absolute Gasteiger partial charge is 0.251 e. The molecule has 0 aliphatic carbocycles. The molecule has 1 aromatic heterocycles. The lowest BCUT2D eigenvalue weighted by Crippen LogP contribution is -2.46. The number of ether oxygens (including phenoxy) is 2. The number of hydrogen-bond acceptors (Lipinski definition) is 4. The van der Waals surface area contributed by atoms with Gasteiger partial charge < -0.3 is 14.4 Å². The van der Waals surface area contributed by atoms with Crippen LogP contribution in [0.4, 0.5) is 0 Å². The fourth-order valence-corrected chi connectivity index (χ4v) is 3.73. The van der Waals surface area contributed by atoms with Crippen molar-refractivity contribution in [3.8, 4) is 0 Å². The summed E-state index contributed by atoms with van der Waals surface area (Å²) in [5, 5.41) is 4.59. The van der Waals surface area contributed by atoms with Crippen LogP contribution in [0.15, 0.2) is 6.07 Å². The minimum absolute atomic E-state index is 0.0826.